The molecule has 208 valence electrons. The predicted molar refractivity (Wildman–Crippen MR) is 171 cm³/mol. The molecule has 0 N–H and O–H groups in total. The fourth-order valence-corrected chi connectivity index (χ4v) is 5.41. The van der Waals surface area contributed by atoms with Crippen molar-refractivity contribution in [1.29, 1.82) is 0 Å². The summed E-state index contributed by atoms with van der Waals surface area (Å²) in [6, 6.07) is 51.2. The van der Waals surface area contributed by atoms with Crippen LogP contribution in [0.25, 0.3) is 11.0 Å². The van der Waals surface area contributed by atoms with Gasteiger partial charge < -0.3 is 0 Å². The minimum absolute atomic E-state index is 0.750. The molecule has 0 saturated carbocycles. The first-order valence-electron chi connectivity index (χ1n) is 14.6. The second kappa shape index (κ2) is 13.8. The van der Waals surface area contributed by atoms with E-state index in [-0.39, 0.29) is 0 Å². The van der Waals surface area contributed by atoms with Crippen LogP contribution in [0.3, 0.4) is 0 Å². The molecular weight excluding hydrogens is 512 g/mol. The lowest BCUT2D eigenvalue weighted by Gasteiger charge is -2.23. The fourth-order valence-electron chi connectivity index (χ4n) is 5.41. The Morgan fingerprint density at radius 1 is 0.333 bits per heavy atom. The molecule has 4 nitrogen and oxygen atoms in total. The van der Waals surface area contributed by atoms with Gasteiger partial charge in [0.1, 0.15) is 0 Å². The smallest absolute Gasteiger partial charge is 0.159 e. The van der Waals surface area contributed by atoms with Crippen LogP contribution in [0.5, 0.6) is 0 Å². The number of benzene rings is 4. The maximum Gasteiger partial charge on any atom is 0.159 e. The number of hydrogen-bond acceptors (Lipinski definition) is 4. The molecule has 0 aliphatic heterocycles. The molecule has 42 heavy (non-hydrogen) atoms. The molecule has 0 atom stereocenters. The topological polar surface area (TPSA) is 32.3 Å². The maximum atomic E-state index is 5.06. The average molecular weight is 549 g/mol. The molecule has 0 aliphatic rings. The van der Waals surface area contributed by atoms with Gasteiger partial charge in [0.25, 0.3) is 0 Å². The number of nitrogens with zero attached hydrogens (tertiary/aromatic N) is 4. The zero-order chi connectivity index (χ0) is 28.4. The number of aromatic nitrogens is 2. The number of rotatable bonds is 12. The molecule has 2 heterocycles. The molecule has 6 aromatic rings. The quantitative estimate of drug-likeness (QED) is 0.155. The highest BCUT2D eigenvalue weighted by Gasteiger charge is 2.13. The Morgan fingerprint density at radius 2 is 0.643 bits per heavy atom. The van der Waals surface area contributed by atoms with Gasteiger partial charge in [-0.15, -0.1) is 0 Å². The summed E-state index contributed by atoms with van der Waals surface area (Å²) in [7, 11) is 0. The van der Waals surface area contributed by atoms with Crippen LogP contribution in [0, 0.1) is 0 Å². The van der Waals surface area contributed by atoms with Crippen LogP contribution in [0.15, 0.2) is 146 Å². The predicted octanol–water partition coefficient (Wildman–Crippen LogP) is 8.03. The Kier molecular flexibility index (Phi) is 9.06. The average Bonchev–Trinajstić information content (AvgIpc) is 3.03. The van der Waals surface area contributed by atoms with E-state index in [1.165, 1.54) is 22.3 Å². The SMILES string of the molecule is c1ccc(CN(Cc2ccccc2)Cc2ccc3ccc(CN(Cc4ccccc4)Cc4ccccc4)nc3n2)cc1. The highest BCUT2D eigenvalue weighted by Crippen LogP contribution is 2.19. The van der Waals surface area contributed by atoms with E-state index in [0.717, 1.165) is 61.7 Å². The minimum atomic E-state index is 0.750. The van der Waals surface area contributed by atoms with Crippen molar-refractivity contribution in [1.82, 2.24) is 19.8 Å². The summed E-state index contributed by atoms with van der Waals surface area (Å²) in [5.74, 6) is 0. The first-order chi connectivity index (χ1) is 20.8. The Hall–Kier alpha value is -4.64. The summed E-state index contributed by atoms with van der Waals surface area (Å²) in [5, 5.41) is 1.07. The normalized spacial score (nSPS) is 11.4. The molecule has 0 bridgehead atoms. The summed E-state index contributed by atoms with van der Waals surface area (Å²) in [5.41, 5.74) is 8.06. The molecule has 4 heteroatoms. The van der Waals surface area contributed by atoms with Gasteiger partial charge in [0, 0.05) is 44.7 Å². The third-order valence-corrected chi connectivity index (χ3v) is 7.44. The van der Waals surface area contributed by atoms with Crippen LogP contribution < -0.4 is 0 Å². The number of pyridine rings is 2. The molecule has 0 spiro atoms. The van der Waals surface area contributed by atoms with Crippen LogP contribution in [0.1, 0.15) is 33.6 Å². The molecule has 2 aromatic heterocycles. The van der Waals surface area contributed by atoms with Gasteiger partial charge in [0.05, 0.1) is 11.4 Å². The van der Waals surface area contributed by atoms with E-state index in [9.17, 15) is 0 Å². The van der Waals surface area contributed by atoms with E-state index in [0.29, 0.717) is 0 Å². The van der Waals surface area contributed by atoms with Gasteiger partial charge >= 0.3 is 0 Å². The summed E-state index contributed by atoms with van der Waals surface area (Å²) in [6.45, 7) is 4.93. The van der Waals surface area contributed by atoms with Crippen molar-refractivity contribution in [3.63, 3.8) is 0 Å². The van der Waals surface area contributed by atoms with Crippen LogP contribution in [-0.4, -0.2) is 19.8 Å². The molecule has 0 saturated heterocycles. The maximum absolute atomic E-state index is 5.06. The second-order valence-corrected chi connectivity index (χ2v) is 10.9. The molecule has 0 radical (unpaired) electrons. The van der Waals surface area contributed by atoms with Crippen LogP contribution in [-0.2, 0) is 39.3 Å². The van der Waals surface area contributed by atoms with Crippen molar-refractivity contribution >= 4 is 11.0 Å². The largest absolute Gasteiger partial charge is 0.289 e. The molecule has 0 amide bonds. The lowest BCUT2D eigenvalue weighted by molar-refractivity contribution is 0.244. The van der Waals surface area contributed by atoms with E-state index in [1.54, 1.807) is 0 Å². The Labute approximate surface area is 248 Å². The number of fused-ring (bicyclic) bond motifs is 1. The van der Waals surface area contributed by atoms with Crippen molar-refractivity contribution in [2.75, 3.05) is 0 Å². The summed E-state index contributed by atoms with van der Waals surface area (Å²) >= 11 is 0. The first kappa shape index (κ1) is 27.5. The van der Waals surface area contributed by atoms with Gasteiger partial charge in [-0.25, -0.2) is 9.97 Å². The highest BCUT2D eigenvalue weighted by atomic mass is 15.1. The van der Waals surface area contributed by atoms with Gasteiger partial charge in [-0.05, 0) is 46.5 Å². The molecule has 0 unspecified atom stereocenters. The van der Waals surface area contributed by atoms with Crippen LogP contribution >= 0.6 is 0 Å². The van der Waals surface area contributed by atoms with E-state index < -0.39 is 0 Å². The van der Waals surface area contributed by atoms with Crippen molar-refractivity contribution in [3.8, 4) is 0 Å². The van der Waals surface area contributed by atoms with Gasteiger partial charge in [0.2, 0.25) is 0 Å². The molecular formula is C38H36N4. The molecule has 6 rings (SSSR count). The zero-order valence-corrected chi connectivity index (χ0v) is 23.9. The monoisotopic (exact) mass is 548 g/mol. The standard InChI is InChI=1S/C38H36N4/c1-5-13-31(14-6-1)25-41(26-32-15-7-2-8-16-32)29-36-23-21-35-22-24-37(40-38(35)39-36)30-42(27-33-17-9-3-10-18-33)28-34-19-11-4-12-20-34/h1-24H,25-30H2. The highest BCUT2D eigenvalue weighted by molar-refractivity contribution is 5.74. The van der Waals surface area contributed by atoms with E-state index in [1.807, 2.05) is 0 Å². The summed E-state index contributed by atoms with van der Waals surface area (Å²) in [4.78, 5) is 15.0. The van der Waals surface area contributed by atoms with Gasteiger partial charge in [0.15, 0.2) is 5.65 Å². The number of hydrogen-bond donors (Lipinski definition) is 0. The summed E-state index contributed by atoms with van der Waals surface area (Å²) < 4.78 is 0. The van der Waals surface area contributed by atoms with Crippen molar-refractivity contribution < 1.29 is 0 Å². The van der Waals surface area contributed by atoms with Gasteiger partial charge in [-0.3, -0.25) is 9.80 Å². The lowest BCUT2D eigenvalue weighted by atomic mass is 10.1. The molecule has 0 aliphatic carbocycles. The molecule has 4 aromatic carbocycles. The Bertz CT molecular complexity index is 1470. The van der Waals surface area contributed by atoms with Gasteiger partial charge in [-0.1, -0.05) is 121 Å². The third kappa shape index (κ3) is 7.76. The minimum Gasteiger partial charge on any atom is -0.289 e. The first-order valence-corrected chi connectivity index (χ1v) is 14.6. The lowest BCUT2D eigenvalue weighted by Crippen LogP contribution is -2.23. The van der Waals surface area contributed by atoms with Crippen molar-refractivity contribution in [2.24, 2.45) is 0 Å². The Morgan fingerprint density at radius 3 is 0.952 bits per heavy atom. The van der Waals surface area contributed by atoms with E-state index >= 15 is 0 Å². The van der Waals surface area contributed by atoms with Crippen molar-refractivity contribution in [3.05, 3.63) is 179 Å². The van der Waals surface area contributed by atoms with Crippen molar-refractivity contribution in [2.45, 2.75) is 39.3 Å². The zero-order valence-electron chi connectivity index (χ0n) is 23.9. The fraction of sp³-hybridized carbons (Fsp3) is 0.158. The van der Waals surface area contributed by atoms with Gasteiger partial charge in [-0.2, -0.15) is 0 Å². The second-order valence-electron chi connectivity index (χ2n) is 10.9. The van der Waals surface area contributed by atoms with Crippen LogP contribution in [0.4, 0.5) is 0 Å². The molecule has 0 fully saturated rings. The van der Waals surface area contributed by atoms with E-state index in [4.69, 9.17) is 9.97 Å². The third-order valence-electron chi connectivity index (χ3n) is 7.44. The Balaban J connectivity index is 1.22. The van der Waals surface area contributed by atoms with Crippen LogP contribution in [0.2, 0.25) is 0 Å². The summed E-state index contributed by atoms with van der Waals surface area (Å²) in [6.07, 6.45) is 0. The van der Waals surface area contributed by atoms with E-state index in [2.05, 4.69) is 155 Å².